The smallest absolute Gasteiger partial charge is 0.274 e. The molecule has 0 aliphatic carbocycles. The van der Waals surface area contributed by atoms with E-state index < -0.39 is 11.7 Å². The topological polar surface area (TPSA) is 83.7 Å². The van der Waals surface area contributed by atoms with Crippen LogP contribution in [-0.2, 0) is 0 Å². The molecule has 0 saturated heterocycles. The van der Waals surface area contributed by atoms with Crippen LogP contribution in [0.3, 0.4) is 0 Å². The molecule has 138 valence electrons. The van der Waals surface area contributed by atoms with Crippen LogP contribution in [0.2, 0.25) is 0 Å². The SMILES string of the molecule is C=CCOc1c(I)cc(/C=N/NC(=O)c2ccc(C#N)cc2F)cc1OC. The number of benzene rings is 2. The minimum atomic E-state index is -0.790. The summed E-state index contributed by atoms with van der Waals surface area (Å²) < 4.78 is 25.5. The molecule has 0 heterocycles. The van der Waals surface area contributed by atoms with Gasteiger partial charge < -0.3 is 9.47 Å². The summed E-state index contributed by atoms with van der Waals surface area (Å²) in [6.07, 6.45) is 3.03. The fourth-order valence-corrected chi connectivity index (χ4v) is 2.87. The first-order chi connectivity index (χ1) is 13.0. The second-order valence-corrected chi connectivity index (χ2v) is 6.30. The molecule has 2 rings (SSSR count). The Balaban J connectivity index is 2.14. The van der Waals surface area contributed by atoms with E-state index in [1.807, 2.05) is 0 Å². The van der Waals surface area contributed by atoms with Crippen LogP contribution in [0.15, 0.2) is 48.1 Å². The molecule has 2 aromatic carbocycles. The van der Waals surface area contributed by atoms with E-state index in [9.17, 15) is 9.18 Å². The number of halogens is 2. The number of nitrogens with zero attached hydrogens (tertiary/aromatic N) is 2. The molecule has 6 nitrogen and oxygen atoms in total. The van der Waals surface area contributed by atoms with Gasteiger partial charge in [-0.3, -0.25) is 4.79 Å². The molecule has 2 aromatic rings. The van der Waals surface area contributed by atoms with Crippen molar-refractivity contribution >= 4 is 34.7 Å². The number of rotatable bonds is 7. The lowest BCUT2D eigenvalue weighted by Gasteiger charge is -2.12. The second kappa shape index (κ2) is 9.68. The monoisotopic (exact) mass is 479 g/mol. The molecular formula is C19H15FIN3O3. The van der Waals surface area contributed by atoms with Crippen molar-refractivity contribution in [2.24, 2.45) is 5.10 Å². The second-order valence-electron chi connectivity index (χ2n) is 5.14. The minimum absolute atomic E-state index is 0.132. The first-order valence-electron chi connectivity index (χ1n) is 7.64. The number of carbonyl (C=O) groups is 1. The van der Waals surface area contributed by atoms with Crippen molar-refractivity contribution in [3.63, 3.8) is 0 Å². The van der Waals surface area contributed by atoms with Crippen molar-refractivity contribution in [3.8, 4) is 17.6 Å². The first-order valence-corrected chi connectivity index (χ1v) is 8.72. The molecule has 1 amide bonds. The third-order valence-corrected chi connectivity index (χ3v) is 4.12. The van der Waals surface area contributed by atoms with Gasteiger partial charge in [0, 0.05) is 0 Å². The largest absolute Gasteiger partial charge is 0.493 e. The maximum absolute atomic E-state index is 13.8. The van der Waals surface area contributed by atoms with E-state index in [-0.39, 0.29) is 11.1 Å². The summed E-state index contributed by atoms with van der Waals surface area (Å²) in [4.78, 5) is 12.0. The molecule has 0 bridgehead atoms. The van der Waals surface area contributed by atoms with Gasteiger partial charge in [0.2, 0.25) is 0 Å². The number of hydrazone groups is 1. The van der Waals surface area contributed by atoms with E-state index in [2.05, 4.69) is 39.7 Å². The van der Waals surface area contributed by atoms with E-state index >= 15 is 0 Å². The Morgan fingerprint density at radius 3 is 2.85 bits per heavy atom. The van der Waals surface area contributed by atoms with Crippen LogP contribution in [0.25, 0.3) is 0 Å². The Labute approximate surface area is 169 Å². The molecule has 0 unspecified atom stereocenters. The van der Waals surface area contributed by atoms with Crippen LogP contribution in [-0.4, -0.2) is 25.8 Å². The summed E-state index contributed by atoms with van der Waals surface area (Å²) in [5.41, 5.74) is 2.84. The standard InChI is InChI=1S/C19H15FIN3O3/c1-3-6-27-18-16(21)8-13(9-17(18)26-2)11-23-24-19(25)14-5-4-12(10-22)7-15(14)20/h3-5,7-9,11H,1,6H2,2H3,(H,24,25)/b23-11+. The van der Waals surface area contributed by atoms with Gasteiger partial charge >= 0.3 is 0 Å². The third kappa shape index (κ3) is 5.27. The lowest BCUT2D eigenvalue weighted by Crippen LogP contribution is -2.19. The molecule has 0 fully saturated rings. The van der Waals surface area contributed by atoms with Crippen LogP contribution in [0.5, 0.6) is 11.5 Å². The maximum Gasteiger partial charge on any atom is 0.274 e. The highest BCUT2D eigenvalue weighted by Gasteiger charge is 2.12. The van der Waals surface area contributed by atoms with Crippen LogP contribution in [0.1, 0.15) is 21.5 Å². The van der Waals surface area contributed by atoms with E-state index in [4.69, 9.17) is 14.7 Å². The first kappa shape index (κ1) is 20.4. The molecule has 0 saturated carbocycles. The zero-order valence-corrected chi connectivity index (χ0v) is 16.5. The number of nitriles is 1. The van der Waals surface area contributed by atoms with E-state index in [1.54, 1.807) is 24.3 Å². The van der Waals surface area contributed by atoms with Gasteiger partial charge in [0.1, 0.15) is 12.4 Å². The molecule has 0 aliphatic heterocycles. The molecule has 0 aromatic heterocycles. The predicted molar refractivity (Wildman–Crippen MR) is 108 cm³/mol. The average molecular weight is 479 g/mol. The Kier molecular flexibility index (Phi) is 7.31. The molecule has 0 aliphatic rings. The molecule has 0 radical (unpaired) electrons. The Bertz CT molecular complexity index is 939. The number of hydrogen-bond acceptors (Lipinski definition) is 5. The maximum atomic E-state index is 13.8. The number of ether oxygens (including phenoxy) is 2. The van der Waals surface area contributed by atoms with Gasteiger partial charge in [-0.1, -0.05) is 12.7 Å². The van der Waals surface area contributed by atoms with Crippen molar-refractivity contribution in [1.82, 2.24) is 5.43 Å². The van der Waals surface area contributed by atoms with Gasteiger partial charge in [0.05, 0.1) is 34.1 Å². The van der Waals surface area contributed by atoms with Crippen LogP contribution in [0, 0.1) is 20.7 Å². The highest BCUT2D eigenvalue weighted by molar-refractivity contribution is 14.1. The van der Waals surface area contributed by atoms with Crippen LogP contribution >= 0.6 is 22.6 Å². The summed E-state index contributed by atoms with van der Waals surface area (Å²) in [6, 6.07) is 8.87. The number of nitrogens with one attached hydrogen (secondary N) is 1. The molecule has 27 heavy (non-hydrogen) atoms. The lowest BCUT2D eigenvalue weighted by atomic mass is 10.1. The van der Waals surface area contributed by atoms with Crippen LogP contribution < -0.4 is 14.9 Å². The van der Waals surface area contributed by atoms with E-state index in [1.165, 1.54) is 25.5 Å². The lowest BCUT2D eigenvalue weighted by molar-refractivity contribution is 0.0951. The fourth-order valence-electron chi connectivity index (χ4n) is 2.09. The molecule has 0 spiro atoms. The quantitative estimate of drug-likeness (QED) is 0.285. The summed E-state index contributed by atoms with van der Waals surface area (Å²) in [5.74, 6) is -0.420. The number of methoxy groups -OCH3 is 1. The Morgan fingerprint density at radius 2 is 2.22 bits per heavy atom. The minimum Gasteiger partial charge on any atom is -0.493 e. The summed E-state index contributed by atoms with van der Waals surface area (Å²) in [7, 11) is 1.52. The highest BCUT2D eigenvalue weighted by Crippen LogP contribution is 2.33. The zero-order chi connectivity index (χ0) is 19.8. The van der Waals surface area contributed by atoms with Crippen molar-refractivity contribution in [2.75, 3.05) is 13.7 Å². The Morgan fingerprint density at radius 1 is 1.44 bits per heavy atom. The molecule has 1 N–H and O–H groups in total. The van der Waals surface area contributed by atoms with Gasteiger partial charge in [-0.25, -0.2) is 9.82 Å². The van der Waals surface area contributed by atoms with Gasteiger partial charge in [-0.2, -0.15) is 10.4 Å². The van der Waals surface area contributed by atoms with Gasteiger partial charge in [-0.15, -0.1) is 0 Å². The van der Waals surface area contributed by atoms with Gasteiger partial charge in [0.25, 0.3) is 5.91 Å². The van der Waals surface area contributed by atoms with Gasteiger partial charge in [-0.05, 0) is 58.5 Å². The van der Waals surface area contributed by atoms with Gasteiger partial charge in [0.15, 0.2) is 11.5 Å². The summed E-state index contributed by atoms with van der Waals surface area (Å²) in [6.45, 7) is 3.94. The molecular weight excluding hydrogens is 464 g/mol. The summed E-state index contributed by atoms with van der Waals surface area (Å²) >= 11 is 2.10. The van der Waals surface area contributed by atoms with Crippen LogP contribution in [0.4, 0.5) is 4.39 Å². The average Bonchev–Trinajstić information content (AvgIpc) is 2.66. The number of hydrogen-bond donors (Lipinski definition) is 1. The van der Waals surface area contributed by atoms with Crippen molar-refractivity contribution in [3.05, 3.63) is 69.1 Å². The number of carbonyl (C=O) groups excluding carboxylic acids is 1. The fraction of sp³-hybridized carbons (Fsp3) is 0.105. The van der Waals surface area contributed by atoms with Crippen molar-refractivity contribution < 1.29 is 18.7 Å². The summed E-state index contributed by atoms with van der Waals surface area (Å²) in [5, 5.41) is 12.6. The normalized spacial score (nSPS) is 10.3. The molecule has 0 atom stereocenters. The van der Waals surface area contributed by atoms with E-state index in [0.29, 0.717) is 23.7 Å². The van der Waals surface area contributed by atoms with E-state index in [0.717, 1.165) is 9.64 Å². The Hall–Kier alpha value is -2.93. The third-order valence-electron chi connectivity index (χ3n) is 3.32. The number of amides is 1. The molecule has 8 heteroatoms. The van der Waals surface area contributed by atoms with Crippen molar-refractivity contribution in [1.29, 1.82) is 5.26 Å². The van der Waals surface area contributed by atoms with Crippen molar-refractivity contribution in [2.45, 2.75) is 0 Å². The predicted octanol–water partition coefficient (Wildman–Crippen LogP) is 3.64. The highest BCUT2D eigenvalue weighted by atomic mass is 127. The zero-order valence-electron chi connectivity index (χ0n) is 14.3.